The molecule has 11 aromatic rings. The van der Waals surface area contributed by atoms with Gasteiger partial charge in [-0.25, -0.2) is 0 Å². The minimum absolute atomic E-state index is 0.0129. The lowest BCUT2D eigenvalue weighted by molar-refractivity contribution is 0.466. The second kappa shape index (κ2) is 15.5. The van der Waals surface area contributed by atoms with Crippen molar-refractivity contribution in [3.8, 4) is 23.0 Å². The molecule has 0 spiro atoms. The van der Waals surface area contributed by atoms with Crippen molar-refractivity contribution in [3.05, 3.63) is 249 Å². The van der Waals surface area contributed by atoms with E-state index in [0.29, 0.717) is 0 Å². The molecule has 0 bridgehead atoms. The molecular weight excluding hydrogens is 913 g/mol. The zero-order valence-electron chi connectivity index (χ0n) is 40.5. The SMILES string of the molecule is c1ccc(N(c2ccccc2)c2cc3c4c(c2)N(c2ccccc2)c2ccccc2B4c2cc4c(cc2O3)Oc2cc3c5c6c2B4c2ccccc2N6c2ccccc2B5c2ccccc2N3c2ccccc2)cc1. The third kappa shape index (κ3) is 5.67. The largest absolute Gasteiger partial charge is 0.458 e. The van der Waals surface area contributed by atoms with Crippen LogP contribution in [0.15, 0.2) is 249 Å². The fraction of sp³-hybridized carbons (Fsp3) is 0. The molecule has 0 radical (unpaired) electrons. The highest BCUT2D eigenvalue weighted by Gasteiger charge is 2.52. The summed E-state index contributed by atoms with van der Waals surface area (Å²) in [6, 6.07) is 90.4. The van der Waals surface area contributed by atoms with Gasteiger partial charge in [-0.05, 0) is 128 Å². The number of ether oxygens (including phenoxy) is 2. The summed E-state index contributed by atoms with van der Waals surface area (Å²) in [7, 11) is 0. The topological polar surface area (TPSA) is 31.4 Å². The normalized spacial score (nSPS) is 13.9. The molecule has 0 saturated carbocycles. The molecule has 17 rings (SSSR count). The van der Waals surface area contributed by atoms with Gasteiger partial charge in [0.1, 0.15) is 23.0 Å². The molecule has 6 aliphatic heterocycles. The summed E-state index contributed by atoms with van der Waals surface area (Å²) in [6.45, 7) is -0.246. The summed E-state index contributed by atoms with van der Waals surface area (Å²) in [5.74, 6) is 3.29. The number of rotatable bonds is 5. The second-order valence-electron chi connectivity index (χ2n) is 20.3. The Bertz CT molecular complexity index is 4150. The predicted octanol–water partition coefficient (Wildman–Crippen LogP) is 10.6. The number of hydrogen-bond acceptors (Lipinski definition) is 6. The third-order valence-electron chi connectivity index (χ3n) is 16.5. The molecule has 9 heteroatoms. The van der Waals surface area contributed by atoms with E-state index in [-0.39, 0.29) is 20.1 Å². The van der Waals surface area contributed by atoms with Crippen LogP contribution in [0.1, 0.15) is 0 Å². The van der Waals surface area contributed by atoms with Crippen molar-refractivity contribution in [3.63, 3.8) is 0 Å². The molecule has 0 fully saturated rings. The van der Waals surface area contributed by atoms with E-state index < -0.39 is 0 Å². The predicted molar refractivity (Wildman–Crippen MR) is 312 cm³/mol. The maximum atomic E-state index is 7.51. The summed E-state index contributed by atoms with van der Waals surface area (Å²) in [5.41, 5.74) is 24.5. The first kappa shape index (κ1) is 40.9. The van der Waals surface area contributed by atoms with Crippen LogP contribution in [0.2, 0.25) is 0 Å². The molecule has 6 aliphatic rings. The summed E-state index contributed by atoms with van der Waals surface area (Å²) < 4.78 is 15.0. The van der Waals surface area contributed by atoms with Gasteiger partial charge in [0.15, 0.2) is 0 Å². The highest BCUT2D eigenvalue weighted by atomic mass is 16.5. The van der Waals surface area contributed by atoms with Crippen LogP contribution in [0, 0.1) is 0 Å². The van der Waals surface area contributed by atoms with E-state index in [1.165, 1.54) is 55.5 Å². The van der Waals surface area contributed by atoms with E-state index in [9.17, 15) is 0 Å². The average Bonchev–Trinajstić information content (AvgIpc) is 3.53. The Morgan fingerprint density at radius 3 is 1.15 bits per heavy atom. The first-order chi connectivity index (χ1) is 37.2. The Labute approximate surface area is 436 Å². The van der Waals surface area contributed by atoms with E-state index in [4.69, 9.17) is 9.47 Å². The smallest absolute Gasteiger partial charge is 0.256 e. The van der Waals surface area contributed by atoms with Crippen molar-refractivity contribution in [1.29, 1.82) is 0 Å². The van der Waals surface area contributed by atoms with Gasteiger partial charge in [-0.1, -0.05) is 152 Å². The van der Waals surface area contributed by atoms with Crippen LogP contribution >= 0.6 is 0 Å². The van der Waals surface area contributed by atoms with Gasteiger partial charge in [-0.15, -0.1) is 0 Å². The van der Waals surface area contributed by atoms with Crippen LogP contribution < -0.4 is 78.2 Å². The van der Waals surface area contributed by atoms with Gasteiger partial charge in [0.05, 0.1) is 5.69 Å². The third-order valence-corrected chi connectivity index (χ3v) is 16.5. The quantitative estimate of drug-likeness (QED) is 0.160. The molecule has 0 amide bonds. The molecule has 0 unspecified atom stereocenters. The van der Waals surface area contributed by atoms with E-state index in [0.717, 1.165) is 84.9 Å². The average molecular weight is 955 g/mol. The van der Waals surface area contributed by atoms with Gasteiger partial charge in [0.25, 0.3) is 20.1 Å². The van der Waals surface area contributed by atoms with Crippen molar-refractivity contribution < 1.29 is 9.47 Å². The molecule has 11 aromatic carbocycles. The number of para-hydroxylation sites is 8. The lowest BCUT2D eigenvalue weighted by Crippen LogP contribution is -2.68. The fourth-order valence-corrected chi connectivity index (χ4v) is 13.6. The Morgan fingerprint density at radius 1 is 0.267 bits per heavy atom. The first-order valence-corrected chi connectivity index (χ1v) is 25.9. The molecule has 75 heavy (non-hydrogen) atoms. The van der Waals surface area contributed by atoms with Crippen LogP contribution in [0.5, 0.6) is 23.0 Å². The van der Waals surface area contributed by atoms with Crippen LogP contribution in [0.3, 0.4) is 0 Å². The Balaban J connectivity index is 0.919. The van der Waals surface area contributed by atoms with Crippen LogP contribution in [-0.2, 0) is 0 Å². The standard InChI is InChI=1S/C66H41B3N4O2/c1-5-21-42(22-6-1)70(43-23-7-2-8-24-43)46-37-57-63-61(38-46)74-59-41-60-52(39-51(59)68(63)48-30-14-18-34-54(48)71(57)44-25-9-3-10-26-44)69-50-32-16-20-36-56(50)73-55-35-19-15-31-49(55)67-47-29-13-17-33-53(47)72(45-27-11-4-12-28-45)58-40-62(75-60)65(69)66(73)64(58)67/h1-41H. The number of hydrogen-bond donors (Lipinski definition) is 0. The minimum atomic E-state index is -0.137. The summed E-state index contributed by atoms with van der Waals surface area (Å²) in [6.07, 6.45) is 0. The van der Waals surface area contributed by atoms with E-state index in [1.54, 1.807) is 0 Å². The summed E-state index contributed by atoms with van der Waals surface area (Å²) >= 11 is 0. The molecule has 6 nitrogen and oxygen atoms in total. The van der Waals surface area contributed by atoms with Crippen molar-refractivity contribution in [1.82, 2.24) is 0 Å². The van der Waals surface area contributed by atoms with Crippen LogP contribution in [0.25, 0.3) is 0 Å². The Kier molecular flexibility index (Phi) is 8.44. The summed E-state index contributed by atoms with van der Waals surface area (Å²) in [4.78, 5) is 9.76. The van der Waals surface area contributed by atoms with Gasteiger partial charge in [0.2, 0.25) is 0 Å². The van der Waals surface area contributed by atoms with Crippen LogP contribution in [-0.4, -0.2) is 20.1 Å². The summed E-state index contributed by atoms with van der Waals surface area (Å²) in [5, 5.41) is 0. The van der Waals surface area contributed by atoms with Gasteiger partial charge in [-0.3, -0.25) is 0 Å². The van der Waals surface area contributed by atoms with Crippen molar-refractivity contribution in [2.75, 3.05) is 19.6 Å². The number of fused-ring (bicyclic) bond motifs is 14. The zero-order chi connectivity index (χ0) is 48.9. The van der Waals surface area contributed by atoms with Gasteiger partial charge >= 0.3 is 0 Å². The monoisotopic (exact) mass is 954 g/mol. The van der Waals surface area contributed by atoms with Crippen molar-refractivity contribution in [2.45, 2.75) is 0 Å². The number of nitrogens with zero attached hydrogens (tertiary/aromatic N) is 4. The fourth-order valence-electron chi connectivity index (χ4n) is 13.6. The molecule has 0 aliphatic carbocycles. The van der Waals surface area contributed by atoms with E-state index in [1.807, 2.05) is 0 Å². The van der Waals surface area contributed by atoms with Crippen LogP contribution in [0.4, 0.5) is 68.2 Å². The molecule has 0 saturated heterocycles. The van der Waals surface area contributed by atoms with Crippen molar-refractivity contribution >= 4 is 138 Å². The maximum Gasteiger partial charge on any atom is 0.256 e. The van der Waals surface area contributed by atoms with Gasteiger partial charge in [-0.2, -0.15) is 0 Å². The first-order valence-electron chi connectivity index (χ1n) is 25.9. The zero-order valence-corrected chi connectivity index (χ0v) is 40.5. The number of anilines is 12. The number of benzene rings is 11. The lowest BCUT2D eigenvalue weighted by atomic mass is 9.28. The molecule has 0 atom stereocenters. The van der Waals surface area contributed by atoms with E-state index in [2.05, 4.69) is 268 Å². The lowest BCUT2D eigenvalue weighted by Gasteiger charge is -2.49. The Hall–Kier alpha value is -9.59. The van der Waals surface area contributed by atoms with Gasteiger partial charge < -0.3 is 29.1 Å². The molecule has 0 aromatic heterocycles. The van der Waals surface area contributed by atoms with Crippen molar-refractivity contribution in [2.24, 2.45) is 0 Å². The van der Waals surface area contributed by atoms with Gasteiger partial charge in [0, 0.05) is 80.8 Å². The second-order valence-corrected chi connectivity index (χ2v) is 20.3. The molecule has 6 heterocycles. The highest BCUT2D eigenvalue weighted by Crippen LogP contribution is 2.50. The maximum absolute atomic E-state index is 7.51. The molecule has 0 N–H and O–H groups in total. The molecular formula is C66H41B3N4O2. The molecule has 346 valence electrons. The minimum Gasteiger partial charge on any atom is -0.458 e. The Morgan fingerprint density at radius 2 is 0.653 bits per heavy atom. The highest BCUT2D eigenvalue weighted by molar-refractivity contribution is 7.05. The van der Waals surface area contributed by atoms with E-state index >= 15 is 0 Å².